The van der Waals surface area contributed by atoms with Gasteiger partial charge in [-0.15, -0.1) is 0 Å². The zero-order valence-corrected chi connectivity index (χ0v) is 22.6. The number of aldehydes is 1. The number of carbonyl (C=O) groups is 5. The lowest BCUT2D eigenvalue weighted by molar-refractivity contribution is -0.138. The van der Waals surface area contributed by atoms with Crippen molar-refractivity contribution in [2.75, 3.05) is 11.4 Å². The van der Waals surface area contributed by atoms with Gasteiger partial charge in [-0.25, -0.2) is 4.99 Å². The molecule has 0 aromatic heterocycles. The van der Waals surface area contributed by atoms with Gasteiger partial charge in [0.25, 0.3) is 11.8 Å². The normalized spacial score (nSPS) is 15.2. The van der Waals surface area contributed by atoms with Crippen molar-refractivity contribution in [1.29, 1.82) is 0 Å². The Morgan fingerprint density at radius 1 is 1.02 bits per heavy atom. The first-order valence-electron chi connectivity index (χ1n) is 12.1. The van der Waals surface area contributed by atoms with E-state index < -0.39 is 54.6 Å². The largest absolute Gasteiger partial charge is 0.505 e. The molecule has 11 nitrogen and oxygen atoms in total. The fraction of sp³-hybridized carbons (Fsp3) is 0.143. The number of rotatable bonds is 9. The highest BCUT2D eigenvalue weighted by Gasteiger charge is 2.34. The Kier molecular flexibility index (Phi) is 9.00. The number of phenols is 1. The second-order valence-electron chi connectivity index (χ2n) is 8.86. The molecule has 0 spiro atoms. The average molecular weight is 597 g/mol. The van der Waals surface area contributed by atoms with Crippen LogP contribution in [0, 0.1) is 0 Å². The number of hydrogen-bond acceptors (Lipinski definition) is 7. The highest BCUT2D eigenvalue weighted by molar-refractivity contribution is 6.37. The summed E-state index contributed by atoms with van der Waals surface area (Å²) in [6, 6.07) is 16.6. The van der Waals surface area contributed by atoms with E-state index in [1.54, 1.807) is 54.6 Å². The van der Waals surface area contributed by atoms with Crippen LogP contribution in [0.5, 0.6) is 5.75 Å². The minimum atomic E-state index is -1.54. The van der Waals surface area contributed by atoms with Gasteiger partial charge in [0.1, 0.15) is 12.8 Å². The zero-order chi connectivity index (χ0) is 29.7. The minimum absolute atomic E-state index is 0.0596. The molecule has 1 aliphatic rings. The molecule has 3 aromatic rings. The van der Waals surface area contributed by atoms with Crippen molar-refractivity contribution in [3.05, 3.63) is 93.5 Å². The van der Waals surface area contributed by atoms with Gasteiger partial charge in [0.15, 0.2) is 5.75 Å². The fourth-order valence-electron chi connectivity index (χ4n) is 4.13. The summed E-state index contributed by atoms with van der Waals surface area (Å²) in [6.45, 7) is -0.610. The number of carbonyl (C=O) groups excluding carboxylic acids is 4. The van der Waals surface area contributed by atoms with Crippen LogP contribution in [0.1, 0.15) is 27.9 Å². The number of carboxylic acid groups (broad SMARTS) is 1. The van der Waals surface area contributed by atoms with Crippen molar-refractivity contribution in [3.63, 3.8) is 0 Å². The van der Waals surface area contributed by atoms with E-state index in [9.17, 15) is 29.1 Å². The monoisotopic (exact) mass is 596 g/mol. The van der Waals surface area contributed by atoms with E-state index in [2.05, 4.69) is 15.6 Å². The van der Waals surface area contributed by atoms with E-state index in [-0.39, 0.29) is 21.9 Å². The molecule has 1 aliphatic heterocycles. The number of aromatic hydroxyl groups is 1. The molecule has 210 valence electrons. The number of benzene rings is 3. The average Bonchev–Trinajstić information content (AvgIpc) is 3.06. The Bertz CT molecular complexity index is 1540. The number of nitrogens with one attached hydrogen (secondary N) is 2. The number of fused-ring (bicyclic) bond motifs is 1. The molecule has 3 amide bonds. The van der Waals surface area contributed by atoms with Gasteiger partial charge < -0.3 is 25.6 Å². The molecule has 0 saturated heterocycles. The maximum Gasteiger partial charge on any atom is 0.305 e. The van der Waals surface area contributed by atoms with Crippen LogP contribution in [0.2, 0.25) is 10.0 Å². The third kappa shape index (κ3) is 6.71. The molecule has 4 N–H and O–H groups in total. The van der Waals surface area contributed by atoms with Crippen molar-refractivity contribution in [1.82, 2.24) is 10.6 Å². The van der Waals surface area contributed by atoms with Crippen molar-refractivity contribution < 1.29 is 34.2 Å². The molecule has 2 atom stereocenters. The fourth-order valence-corrected chi connectivity index (χ4v) is 4.62. The summed E-state index contributed by atoms with van der Waals surface area (Å²) >= 11 is 11.9. The van der Waals surface area contributed by atoms with Crippen molar-refractivity contribution in [2.24, 2.45) is 4.99 Å². The highest BCUT2D eigenvalue weighted by atomic mass is 35.5. The lowest BCUT2D eigenvalue weighted by Crippen LogP contribution is -2.51. The standard InChI is InChI=1S/C28H22Cl2N4O7/c29-19-10-16(11-20(30)25(19)39)27(40)33-26-28(41)34(13-22(36)31-17(14-35)12-23(37)38)21-9-5-4-8-18(21)24(32-26)15-6-2-1-3-7-15/h1-11,14,17,26,39H,12-13H2,(H,31,36)(H,33,40)(H,37,38). The van der Waals surface area contributed by atoms with Crippen molar-refractivity contribution in [2.45, 2.75) is 18.6 Å². The number of amides is 3. The van der Waals surface area contributed by atoms with Gasteiger partial charge in [-0.1, -0.05) is 71.7 Å². The molecule has 2 unspecified atom stereocenters. The number of para-hydroxylation sites is 1. The van der Waals surface area contributed by atoms with Crippen LogP contribution in [0.4, 0.5) is 5.69 Å². The second-order valence-corrected chi connectivity index (χ2v) is 9.67. The van der Waals surface area contributed by atoms with E-state index in [0.717, 1.165) is 4.90 Å². The van der Waals surface area contributed by atoms with E-state index in [4.69, 9.17) is 28.3 Å². The van der Waals surface area contributed by atoms with Crippen LogP contribution in [0.3, 0.4) is 0 Å². The Hall–Kier alpha value is -4.74. The summed E-state index contributed by atoms with van der Waals surface area (Å²) in [5.74, 6) is -4.09. The van der Waals surface area contributed by atoms with E-state index in [0.29, 0.717) is 22.5 Å². The topological polar surface area (TPSA) is 165 Å². The third-order valence-corrected chi connectivity index (χ3v) is 6.59. The smallest absolute Gasteiger partial charge is 0.305 e. The lowest BCUT2D eigenvalue weighted by Gasteiger charge is -2.25. The molecular weight excluding hydrogens is 575 g/mol. The van der Waals surface area contributed by atoms with Gasteiger partial charge in [-0.3, -0.25) is 24.1 Å². The molecule has 41 heavy (non-hydrogen) atoms. The molecule has 1 heterocycles. The quantitative estimate of drug-likeness (QED) is 0.276. The first-order chi connectivity index (χ1) is 19.6. The predicted octanol–water partition coefficient (Wildman–Crippen LogP) is 2.80. The number of hydrogen-bond donors (Lipinski definition) is 4. The molecule has 0 fully saturated rings. The summed E-state index contributed by atoms with van der Waals surface area (Å²) in [4.78, 5) is 68.0. The molecular formula is C28H22Cl2N4O7. The number of anilines is 1. The summed E-state index contributed by atoms with van der Waals surface area (Å²) in [5.41, 5.74) is 1.68. The Morgan fingerprint density at radius 3 is 2.29 bits per heavy atom. The number of phenolic OH excluding ortho intramolecular Hbond substituents is 1. The summed E-state index contributed by atoms with van der Waals surface area (Å²) in [6.07, 6.45) is -1.89. The summed E-state index contributed by atoms with van der Waals surface area (Å²) < 4.78 is 0. The minimum Gasteiger partial charge on any atom is -0.505 e. The number of aliphatic imine (C=N–C) groups is 1. The first kappa shape index (κ1) is 29.2. The van der Waals surface area contributed by atoms with Gasteiger partial charge in [0.2, 0.25) is 12.1 Å². The van der Waals surface area contributed by atoms with Gasteiger partial charge in [-0.05, 0) is 18.2 Å². The number of benzodiazepines with no additional fused rings is 1. The summed E-state index contributed by atoms with van der Waals surface area (Å²) in [5, 5.41) is 23.3. The number of nitrogens with zero attached hydrogens (tertiary/aromatic N) is 2. The summed E-state index contributed by atoms with van der Waals surface area (Å²) in [7, 11) is 0. The van der Waals surface area contributed by atoms with E-state index >= 15 is 0 Å². The molecule has 0 radical (unpaired) electrons. The first-order valence-corrected chi connectivity index (χ1v) is 12.8. The van der Waals surface area contributed by atoms with Gasteiger partial charge in [0.05, 0.1) is 33.9 Å². The predicted molar refractivity (Wildman–Crippen MR) is 151 cm³/mol. The molecule has 0 bridgehead atoms. The number of halogens is 2. The van der Waals surface area contributed by atoms with Gasteiger partial charge in [0, 0.05) is 16.7 Å². The van der Waals surface area contributed by atoms with Crippen molar-refractivity contribution in [3.8, 4) is 5.75 Å². The van der Waals surface area contributed by atoms with Gasteiger partial charge >= 0.3 is 5.97 Å². The van der Waals surface area contributed by atoms with Crippen molar-refractivity contribution >= 4 is 64.6 Å². The Balaban J connectivity index is 1.75. The molecule has 3 aromatic carbocycles. The van der Waals surface area contributed by atoms with E-state index in [1.165, 1.54) is 12.1 Å². The maximum absolute atomic E-state index is 13.9. The van der Waals surface area contributed by atoms with E-state index in [1.807, 2.05) is 0 Å². The van der Waals surface area contributed by atoms with Crippen LogP contribution >= 0.6 is 23.2 Å². The van der Waals surface area contributed by atoms with Crippen LogP contribution < -0.4 is 15.5 Å². The van der Waals surface area contributed by atoms with Crippen LogP contribution in [0.25, 0.3) is 0 Å². The molecule has 4 rings (SSSR count). The lowest BCUT2D eigenvalue weighted by atomic mass is 10.0. The molecule has 0 saturated carbocycles. The third-order valence-electron chi connectivity index (χ3n) is 6.01. The van der Waals surface area contributed by atoms with Crippen LogP contribution in [0.15, 0.2) is 71.7 Å². The number of aliphatic carboxylic acids is 1. The second kappa shape index (κ2) is 12.6. The Morgan fingerprint density at radius 2 is 1.66 bits per heavy atom. The SMILES string of the molecule is O=CC(CC(=O)O)NC(=O)CN1C(=O)C(NC(=O)c2cc(Cl)c(O)c(Cl)c2)N=C(c2ccccc2)c2ccccc21. The Labute approximate surface area is 243 Å². The highest BCUT2D eigenvalue weighted by Crippen LogP contribution is 2.33. The maximum atomic E-state index is 13.9. The van der Waals surface area contributed by atoms with Gasteiger partial charge in [-0.2, -0.15) is 0 Å². The number of carboxylic acids is 1. The zero-order valence-electron chi connectivity index (χ0n) is 21.1. The molecule has 13 heteroatoms. The van der Waals surface area contributed by atoms with Crippen LogP contribution in [-0.2, 0) is 19.2 Å². The van der Waals surface area contributed by atoms with Crippen LogP contribution in [-0.4, -0.2) is 64.7 Å². The molecule has 0 aliphatic carbocycles.